The van der Waals surface area contributed by atoms with Crippen LogP contribution >= 0.6 is 22.9 Å². The van der Waals surface area contributed by atoms with Crippen LogP contribution in [0.5, 0.6) is 0 Å². The van der Waals surface area contributed by atoms with Crippen molar-refractivity contribution in [1.29, 1.82) is 10.7 Å². The van der Waals surface area contributed by atoms with Crippen molar-refractivity contribution in [2.75, 3.05) is 31.1 Å². The van der Waals surface area contributed by atoms with Gasteiger partial charge in [0.2, 0.25) is 0 Å². The first-order chi connectivity index (χ1) is 11.2. The second-order valence-electron chi connectivity index (χ2n) is 5.34. The fourth-order valence-corrected chi connectivity index (χ4v) is 4.16. The maximum absolute atomic E-state index is 9.56. The maximum Gasteiger partial charge on any atom is 0.198 e. The lowest BCUT2D eigenvalue weighted by Crippen LogP contribution is -2.45. The molecule has 0 unspecified atom stereocenters. The van der Waals surface area contributed by atoms with E-state index in [1.165, 1.54) is 11.3 Å². The Labute approximate surface area is 141 Å². The van der Waals surface area contributed by atoms with Gasteiger partial charge in [0.1, 0.15) is 11.6 Å². The Bertz CT molecular complexity index is 1010. The monoisotopic (exact) mass is 344 g/mol. The Morgan fingerprint density at radius 2 is 2.13 bits per heavy atom. The van der Waals surface area contributed by atoms with Crippen molar-refractivity contribution in [3.05, 3.63) is 34.3 Å². The minimum atomic E-state index is 0.180. The zero-order valence-electron chi connectivity index (χ0n) is 12.1. The van der Waals surface area contributed by atoms with E-state index >= 15 is 0 Å². The van der Waals surface area contributed by atoms with E-state index in [-0.39, 0.29) is 5.49 Å². The number of anilines is 1. The summed E-state index contributed by atoms with van der Waals surface area (Å²) in [6.45, 7) is 3.28. The minimum Gasteiger partial charge on any atom is -0.353 e. The normalized spacial score (nSPS) is 15.2. The van der Waals surface area contributed by atoms with Gasteiger partial charge >= 0.3 is 0 Å². The van der Waals surface area contributed by atoms with E-state index in [4.69, 9.17) is 22.0 Å². The van der Waals surface area contributed by atoms with Crippen LogP contribution in [0, 0.1) is 16.7 Å². The van der Waals surface area contributed by atoms with E-state index in [9.17, 15) is 5.26 Å². The first kappa shape index (κ1) is 14.5. The molecule has 1 aromatic carbocycles. The van der Waals surface area contributed by atoms with Crippen LogP contribution < -0.4 is 15.7 Å². The highest BCUT2D eigenvalue weighted by Gasteiger charge is 2.20. The molecule has 2 aromatic heterocycles. The SMILES string of the molecule is N#Cc1c(N2CCNCC2)nc2sc3cc(Cl)ccc3n2c1=N. The number of nitriles is 1. The molecule has 1 aliphatic rings. The van der Waals surface area contributed by atoms with E-state index in [0.29, 0.717) is 21.4 Å². The van der Waals surface area contributed by atoms with E-state index < -0.39 is 0 Å². The number of rotatable bonds is 1. The van der Waals surface area contributed by atoms with Crippen molar-refractivity contribution in [2.24, 2.45) is 0 Å². The molecule has 0 atom stereocenters. The van der Waals surface area contributed by atoms with E-state index in [2.05, 4.69) is 16.3 Å². The number of thiazole rings is 1. The van der Waals surface area contributed by atoms with Gasteiger partial charge in [-0.1, -0.05) is 22.9 Å². The van der Waals surface area contributed by atoms with Gasteiger partial charge in [-0.3, -0.25) is 9.81 Å². The molecule has 6 nitrogen and oxygen atoms in total. The van der Waals surface area contributed by atoms with Gasteiger partial charge in [-0.15, -0.1) is 0 Å². The minimum absolute atomic E-state index is 0.180. The van der Waals surface area contributed by atoms with E-state index in [1.807, 2.05) is 12.1 Å². The van der Waals surface area contributed by atoms with Crippen molar-refractivity contribution < 1.29 is 0 Å². The van der Waals surface area contributed by atoms with Crippen molar-refractivity contribution in [3.63, 3.8) is 0 Å². The molecule has 0 aliphatic carbocycles. The summed E-state index contributed by atoms with van der Waals surface area (Å²) in [6, 6.07) is 7.69. The molecule has 0 amide bonds. The van der Waals surface area contributed by atoms with Crippen molar-refractivity contribution >= 4 is 43.9 Å². The summed E-state index contributed by atoms with van der Waals surface area (Å²) in [4.78, 5) is 7.47. The molecule has 4 rings (SSSR count). The van der Waals surface area contributed by atoms with Crippen molar-refractivity contribution in [3.8, 4) is 6.07 Å². The van der Waals surface area contributed by atoms with E-state index in [1.54, 1.807) is 10.5 Å². The predicted octanol–water partition coefficient (Wildman–Crippen LogP) is 1.96. The molecule has 0 bridgehead atoms. The zero-order chi connectivity index (χ0) is 16.0. The number of aromatic nitrogens is 2. The number of benzene rings is 1. The number of halogens is 1. The molecule has 0 radical (unpaired) electrons. The third kappa shape index (κ3) is 2.27. The van der Waals surface area contributed by atoms with Crippen LogP contribution in [0.25, 0.3) is 15.2 Å². The van der Waals surface area contributed by atoms with Gasteiger partial charge in [-0.05, 0) is 18.2 Å². The van der Waals surface area contributed by atoms with Gasteiger partial charge in [0.15, 0.2) is 16.3 Å². The van der Waals surface area contributed by atoms with Gasteiger partial charge in [0.25, 0.3) is 0 Å². The van der Waals surface area contributed by atoms with Gasteiger partial charge in [0, 0.05) is 31.2 Å². The van der Waals surface area contributed by atoms with Gasteiger partial charge < -0.3 is 10.2 Å². The van der Waals surface area contributed by atoms with Gasteiger partial charge in [-0.25, -0.2) is 4.98 Å². The average molecular weight is 345 g/mol. The molecule has 116 valence electrons. The summed E-state index contributed by atoms with van der Waals surface area (Å²) in [5, 5.41) is 22.0. The van der Waals surface area contributed by atoms with Crippen LogP contribution in [-0.4, -0.2) is 35.6 Å². The van der Waals surface area contributed by atoms with Crippen LogP contribution in [0.1, 0.15) is 5.56 Å². The topological polar surface area (TPSA) is 80.2 Å². The number of hydrogen-bond acceptors (Lipinski definition) is 6. The fraction of sp³-hybridized carbons (Fsp3) is 0.267. The second kappa shape index (κ2) is 5.49. The van der Waals surface area contributed by atoms with Gasteiger partial charge in [-0.2, -0.15) is 5.26 Å². The lowest BCUT2D eigenvalue weighted by molar-refractivity contribution is 0.584. The van der Waals surface area contributed by atoms with Crippen molar-refractivity contribution in [2.45, 2.75) is 0 Å². The quantitative estimate of drug-likeness (QED) is 0.707. The molecule has 0 spiro atoms. The summed E-state index contributed by atoms with van der Waals surface area (Å²) < 4.78 is 2.68. The summed E-state index contributed by atoms with van der Waals surface area (Å²) in [6.07, 6.45) is 0. The highest BCUT2D eigenvalue weighted by atomic mass is 35.5. The van der Waals surface area contributed by atoms with Crippen molar-refractivity contribution in [1.82, 2.24) is 14.7 Å². The summed E-state index contributed by atoms with van der Waals surface area (Å²) in [5.74, 6) is 0.608. The third-order valence-electron chi connectivity index (χ3n) is 3.97. The molecule has 1 fully saturated rings. The first-order valence-corrected chi connectivity index (χ1v) is 8.43. The van der Waals surface area contributed by atoms with Crippen LogP contribution in [-0.2, 0) is 0 Å². The molecule has 8 heteroatoms. The number of hydrogen-bond donors (Lipinski definition) is 2. The second-order valence-corrected chi connectivity index (χ2v) is 6.79. The van der Waals surface area contributed by atoms with Crippen LogP contribution in [0.4, 0.5) is 5.82 Å². The Kier molecular flexibility index (Phi) is 3.45. The first-order valence-electron chi connectivity index (χ1n) is 7.24. The average Bonchev–Trinajstić information content (AvgIpc) is 2.93. The van der Waals surface area contributed by atoms with Crippen LogP contribution in [0.15, 0.2) is 18.2 Å². The Morgan fingerprint density at radius 1 is 1.35 bits per heavy atom. The Balaban J connectivity index is 2.04. The number of fused-ring (bicyclic) bond motifs is 3. The number of nitrogens with zero attached hydrogens (tertiary/aromatic N) is 4. The molecule has 2 N–H and O–H groups in total. The lowest BCUT2D eigenvalue weighted by atomic mass is 10.2. The molecular formula is C15H13ClN6S. The maximum atomic E-state index is 9.56. The Hall–Kier alpha value is -2.14. The molecule has 23 heavy (non-hydrogen) atoms. The third-order valence-corrected chi connectivity index (χ3v) is 5.21. The molecule has 0 saturated carbocycles. The summed E-state index contributed by atoms with van der Waals surface area (Å²) >= 11 is 7.54. The Morgan fingerprint density at radius 3 is 2.87 bits per heavy atom. The highest BCUT2D eigenvalue weighted by molar-refractivity contribution is 7.23. The predicted molar refractivity (Wildman–Crippen MR) is 91.2 cm³/mol. The summed E-state index contributed by atoms with van der Waals surface area (Å²) in [7, 11) is 0. The molecule has 1 saturated heterocycles. The van der Waals surface area contributed by atoms with Crippen LogP contribution in [0.3, 0.4) is 0 Å². The molecule has 1 aliphatic heterocycles. The van der Waals surface area contributed by atoms with E-state index in [0.717, 1.165) is 36.4 Å². The van der Waals surface area contributed by atoms with Gasteiger partial charge in [0.05, 0.1) is 10.2 Å². The number of piperazine rings is 1. The molecule has 3 heterocycles. The molecular weight excluding hydrogens is 332 g/mol. The smallest absolute Gasteiger partial charge is 0.198 e. The van der Waals surface area contributed by atoms with Crippen LogP contribution in [0.2, 0.25) is 5.02 Å². The zero-order valence-corrected chi connectivity index (χ0v) is 13.7. The lowest BCUT2D eigenvalue weighted by Gasteiger charge is -2.28. The standard InChI is InChI=1S/C15H13ClN6S/c16-9-1-2-11-12(7-9)23-15-20-14(21-5-3-19-4-6-21)10(8-17)13(18)22(11)15/h1-2,7,18-19H,3-6H2. The summed E-state index contributed by atoms with van der Waals surface area (Å²) in [5.41, 5.74) is 1.36. The number of nitrogens with one attached hydrogen (secondary N) is 2. The highest BCUT2D eigenvalue weighted by Crippen LogP contribution is 2.28. The fourth-order valence-electron chi connectivity index (χ4n) is 2.86. The molecule has 3 aromatic rings. The largest absolute Gasteiger partial charge is 0.353 e.